The van der Waals surface area contributed by atoms with Crippen LogP contribution in [-0.2, 0) is 18.6 Å². The molecule has 0 saturated carbocycles. The van der Waals surface area contributed by atoms with Crippen LogP contribution in [0.3, 0.4) is 0 Å². The number of nitrogens with one attached hydrogen (secondary N) is 1. The molecule has 6 aromatic carbocycles. The Bertz CT molecular complexity index is 2450. The first-order chi connectivity index (χ1) is 21.7. The third-order valence-corrected chi connectivity index (χ3v) is 9.55. The summed E-state index contributed by atoms with van der Waals surface area (Å²) in [7, 11) is 1.75. The predicted octanol–water partition coefficient (Wildman–Crippen LogP) is 11.3. The van der Waals surface area contributed by atoms with Crippen molar-refractivity contribution < 1.29 is 18.6 Å². The minimum atomic E-state index is 0. The fourth-order valence-electron chi connectivity index (χ4n) is 6.34. The molecule has 213 valence electrons. The van der Waals surface area contributed by atoms with Crippen molar-refractivity contribution in [2.24, 2.45) is 0 Å². The number of hydrogen-bond donors (Lipinski definition) is 1. The predicted molar refractivity (Wildman–Crippen MR) is 192 cm³/mol. The zero-order valence-corrected chi connectivity index (χ0v) is 26.7. The normalized spacial score (nSPS) is 13.5. The number of para-hydroxylation sites is 1. The molecule has 0 aliphatic heterocycles. The first-order valence-corrected chi connectivity index (χ1v) is 15.5. The molecule has 2 heterocycles. The van der Waals surface area contributed by atoms with Crippen molar-refractivity contribution in [2.45, 2.75) is 0 Å². The van der Waals surface area contributed by atoms with E-state index in [4.69, 9.17) is 0 Å². The molecule has 0 amide bonds. The molecule has 8 aromatic rings. The van der Waals surface area contributed by atoms with E-state index in [0.29, 0.717) is 0 Å². The number of aromatic amines is 1. The van der Waals surface area contributed by atoms with Crippen LogP contribution < -0.4 is 0 Å². The van der Waals surface area contributed by atoms with E-state index in [2.05, 4.69) is 83.1 Å². The van der Waals surface area contributed by atoms with Gasteiger partial charge in [-0.2, -0.15) is 0 Å². The molecule has 0 fully saturated rings. The fraction of sp³-hybridized carbons (Fsp3) is 0.0250. The van der Waals surface area contributed by atoms with Crippen LogP contribution in [0, 0.1) is 0 Å². The summed E-state index contributed by atoms with van der Waals surface area (Å²) in [6, 6.07) is 44.1. The summed E-state index contributed by atoms with van der Waals surface area (Å²) in [4.78, 5) is 3.58. The summed E-state index contributed by atoms with van der Waals surface area (Å²) in [6.07, 6.45) is 3.94. The van der Waals surface area contributed by atoms with Gasteiger partial charge >= 0.3 is 18.6 Å². The van der Waals surface area contributed by atoms with E-state index < -0.39 is 0 Å². The molecule has 1 aliphatic carbocycles. The van der Waals surface area contributed by atoms with Crippen molar-refractivity contribution in [1.29, 1.82) is 0 Å². The van der Waals surface area contributed by atoms with Crippen LogP contribution in [0.1, 0.15) is 16.7 Å². The summed E-state index contributed by atoms with van der Waals surface area (Å²) in [5.74, 6) is 0. The first-order valence-electron chi connectivity index (χ1n) is 14.7. The molecular formula is C40H27N3SV. The van der Waals surface area contributed by atoms with Crippen LogP contribution in [0.5, 0.6) is 0 Å². The van der Waals surface area contributed by atoms with Gasteiger partial charge in [-0.3, -0.25) is 0 Å². The number of aromatic nitrogens is 1. The Labute approximate surface area is 277 Å². The van der Waals surface area contributed by atoms with Gasteiger partial charge in [0, 0.05) is 42.0 Å². The van der Waals surface area contributed by atoms with Crippen molar-refractivity contribution in [3.63, 3.8) is 0 Å². The Balaban J connectivity index is 0.000000144. The standard InChI is InChI=1S/C22H13NS.C18H14N2.V/c1-3-7-18-14(5-1)17-11-13-9-10-21-22(16(13)12-19(17)23-18)15-6-2-4-8-20(15)24-21;1-20-18(14-8-3-2-4-9-14)16-12-11-13-7-5-6-10-15(13)17(16)19;/h1-12,23H;2-12H,1H3;/q;-2;+2/b;18-16-;. The average Bonchev–Trinajstić information content (AvgIpc) is 3.64. The molecule has 3 nitrogen and oxygen atoms in total. The molecule has 2 aromatic heterocycles. The van der Waals surface area contributed by atoms with Gasteiger partial charge in [0.05, 0.1) is 0 Å². The van der Waals surface area contributed by atoms with Crippen molar-refractivity contribution in [3.8, 4) is 0 Å². The minimum absolute atomic E-state index is 0. The maximum Gasteiger partial charge on any atom is 2.00 e. The molecule has 0 bridgehead atoms. The van der Waals surface area contributed by atoms with Crippen molar-refractivity contribution in [2.75, 3.05) is 7.05 Å². The van der Waals surface area contributed by atoms with Gasteiger partial charge < -0.3 is 15.7 Å². The smallest absolute Gasteiger partial charge is 0.803 e. The Morgan fingerprint density at radius 1 is 0.644 bits per heavy atom. The Kier molecular flexibility index (Phi) is 7.64. The minimum Gasteiger partial charge on any atom is -0.803 e. The summed E-state index contributed by atoms with van der Waals surface area (Å²) in [6.45, 7) is 0. The third-order valence-electron chi connectivity index (χ3n) is 8.41. The molecule has 5 heteroatoms. The summed E-state index contributed by atoms with van der Waals surface area (Å²) in [5, 5.41) is 22.9. The average molecular weight is 633 g/mol. The van der Waals surface area contributed by atoms with Crippen LogP contribution in [0.25, 0.3) is 75.2 Å². The zero-order chi connectivity index (χ0) is 29.6. The molecule has 1 radical (unpaired) electrons. The second kappa shape index (κ2) is 11.9. The van der Waals surface area contributed by atoms with Crippen LogP contribution in [-0.4, -0.2) is 17.7 Å². The number of fused-ring (bicyclic) bond motifs is 9. The number of rotatable bonds is 2. The van der Waals surface area contributed by atoms with Crippen LogP contribution >= 0.6 is 11.3 Å². The van der Waals surface area contributed by atoms with Gasteiger partial charge in [0.15, 0.2) is 0 Å². The second-order valence-corrected chi connectivity index (χ2v) is 12.0. The SMILES string of the molecule is C[N-]/C(=C1/C=Cc2ccccc2C1=[N-])c1ccccc1.[V+2].c1ccc2c(c1)[nH]c1cc3c(ccc4sc5ccccc5c43)cc12. The van der Waals surface area contributed by atoms with E-state index in [0.717, 1.165) is 28.0 Å². The summed E-state index contributed by atoms with van der Waals surface area (Å²) >= 11 is 1.88. The van der Waals surface area contributed by atoms with Crippen molar-refractivity contribution in [3.05, 3.63) is 166 Å². The number of benzene rings is 6. The maximum absolute atomic E-state index is 10.5. The summed E-state index contributed by atoms with van der Waals surface area (Å²) in [5.41, 5.74) is 7.14. The number of thiophene rings is 1. The van der Waals surface area contributed by atoms with E-state index >= 15 is 0 Å². The van der Waals surface area contributed by atoms with Crippen LogP contribution in [0.4, 0.5) is 0 Å². The second-order valence-electron chi connectivity index (χ2n) is 10.9. The maximum atomic E-state index is 10.5. The van der Waals surface area contributed by atoms with Gasteiger partial charge in [0.1, 0.15) is 0 Å². The van der Waals surface area contributed by atoms with Gasteiger partial charge in [0.25, 0.3) is 0 Å². The Hall–Kier alpha value is -4.87. The molecule has 0 saturated heterocycles. The van der Waals surface area contributed by atoms with E-state index in [1.165, 1.54) is 52.8 Å². The fourth-order valence-corrected chi connectivity index (χ4v) is 7.46. The van der Waals surface area contributed by atoms with Gasteiger partial charge in [-0.05, 0) is 57.8 Å². The zero-order valence-electron chi connectivity index (χ0n) is 24.5. The molecule has 9 rings (SSSR count). The van der Waals surface area contributed by atoms with Crippen LogP contribution in [0.2, 0.25) is 0 Å². The molecule has 0 spiro atoms. The van der Waals surface area contributed by atoms with Gasteiger partial charge in [-0.25, -0.2) is 0 Å². The van der Waals surface area contributed by atoms with Gasteiger partial charge in [-0.15, -0.1) is 29.8 Å². The summed E-state index contributed by atoms with van der Waals surface area (Å²) < 4.78 is 2.72. The number of H-pyrrole nitrogens is 1. The van der Waals surface area contributed by atoms with E-state index in [1.54, 1.807) is 7.05 Å². The van der Waals surface area contributed by atoms with Gasteiger partial charge in [0.2, 0.25) is 0 Å². The number of allylic oxidation sites excluding steroid dienone is 2. The van der Waals surface area contributed by atoms with Gasteiger partial charge in [-0.1, -0.05) is 115 Å². The monoisotopic (exact) mass is 632 g/mol. The molecular weight excluding hydrogens is 605 g/mol. The largest absolute Gasteiger partial charge is 2.00 e. The Morgan fingerprint density at radius 2 is 1.38 bits per heavy atom. The molecule has 1 aliphatic rings. The van der Waals surface area contributed by atoms with Crippen molar-refractivity contribution in [1.82, 2.24) is 4.98 Å². The van der Waals surface area contributed by atoms with E-state index in [-0.39, 0.29) is 24.3 Å². The quantitative estimate of drug-likeness (QED) is 0.197. The first kappa shape index (κ1) is 28.9. The molecule has 1 N–H and O–H groups in total. The number of nitrogens with zero attached hydrogens (tertiary/aromatic N) is 2. The van der Waals surface area contributed by atoms with Crippen LogP contribution in [0.15, 0.2) is 139 Å². The molecule has 45 heavy (non-hydrogen) atoms. The van der Waals surface area contributed by atoms with E-state index in [9.17, 15) is 5.41 Å². The Morgan fingerprint density at radius 3 is 2.22 bits per heavy atom. The van der Waals surface area contributed by atoms with Crippen molar-refractivity contribution >= 4 is 81.6 Å². The van der Waals surface area contributed by atoms with E-state index in [1.807, 2.05) is 78.1 Å². The third kappa shape index (κ3) is 4.98. The molecule has 0 atom stereocenters. The topological polar surface area (TPSA) is 52.2 Å². The molecule has 0 unspecified atom stereocenters. The number of hydrogen-bond acceptors (Lipinski definition) is 1.